The predicted octanol–water partition coefficient (Wildman–Crippen LogP) is 3.53. The van der Waals surface area contributed by atoms with E-state index < -0.39 is 5.82 Å². The van der Waals surface area contributed by atoms with Gasteiger partial charge in [0.2, 0.25) is 5.91 Å². The number of fused-ring (bicyclic) bond motifs is 1. The van der Waals surface area contributed by atoms with E-state index in [1.165, 1.54) is 0 Å². The molecule has 0 bridgehead atoms. The van der Waals surface area contributed by atoms with Crippen LogP contribution < -0.4 is 10.6 Å². The van der Waals surface area contributed by atoms with Gasteiger partial charge in [-0.05, 0) is 18.9 Å². The molecule has 0 aromatic carbocycles. The van der Waals surface area contributed by atoms with Gasteiger partial charge >= 0.3 is 0 Å². The molecule has 0 spiro atoms. The Morgan fingerprint density at radius 1 is 1.29 bits per heavy atom. The summed E-state index contributed by atoms with van der Waals surface area (Å²) in [6, 6.07) is 1.59. The number of aromatic nitrogens is 4. The third-order valence-electron chi connectivity index (χ3n) is 5.15. The monoisotopic (exact) mass is 402 g/mol. The molecule has 0 aliphatic heterocycles. The maximum absolute atomic E-state index is 14.4. The highest BCUT2D eigenvalue weighted by Gasteiger charge is 2.31. The molecule has 2 unspecified atom stereocenters. The Kier molecular flexibility index (Phi) is 5.13. The minimum Gasteiger partial charge on any atom is -0.364 e. The number of carbonyl (C=O) groups is 1. The van der Waals surface area contributed by atoms with Crippen molar-refractivity contribution in [1.29, 1.82) is 0 Å². The molecule has 4 rings (SSSR count). The first-order chi connectivity index (χ1) is 13.6. The highest BCUT2D eigenvalue weighted by atomic mass is 35.5. The van der Waals surface area contributed by atoms with Crippen molar-refractivity contribution in [3.63, 3.8) is 0 Å². The molecule has 3 heterocycles. The zero-order valence-electron chi connectivity index (χ0n) is 15.3. The normalized spacial score (nSPS) is 19.5. The first-order valence-electron chi connectivity index (χ1n) is 9.20. The van der Waals surface area contributed by atoms with Gasteiger partial charge in [0.15, 0.2) is 17.5 Å². The van der Waals surface area contributed by atoms with E-state index in [0.29, 0.717) is 22.1 Å². The highest BCUT2D eigenvalue weighted by molar-refractivity contribution is 6.31. The lowest BCUT2D eigenvalue weighted by molar-refractivity contribution is -0.125. The van der Waals surface area contributed by atoms with Gasteiger partial charge in [-0.1, -0.05) is 24.4 Å². The van der Waals surface area contributed by atoms with E-state index in [0.717, 1.165) is 37.3 Å². The van der Waals surface area contributed by atoms with Gasteiger partial charge in [-0.15, -0.1) is 0 Å². The average Bonchev–Trinajstić information content (AvgIpc) is 3.12. The first-order valence-corrected chi connectivity index (χ1v) is 9.58. The lowest BCUT2D eigenvalue weighted by atomic mass is 9.84. The average molecular weight is 403 g/mol. The van der Waals surface area contributed by atoms with Gasteiger partial charge in [-0.3, -0.25) is 4.79 Å². The van der Waals surface area contributed by atoms with Gasteiger partial charge in [0.05, 0.1) is 17.1 Å². The van der Waals surface area contributed by atoms with Crippen molar-refractivity contribution in [1.82, 2.24) is 25.3 Å². The van der Waals surface area contributed by atoms with Crippen LogP contribution in [0.25, 0.3) is 22.4 Å². The maximum atomic E-state index is 14.4. The number of H-pyrrole nitrogens is 1. The Balaban J connectivity index is 1.67. The second kappa shape index (κ2) is 7.71. The minimum absolute atomic E-state index is 0.0377. The predicted molar refractivity (Wildman–Crippen MR) is 106 cm³/mol. The van der Waals surface area contributed by atoms with Crippen LogP contribution in [0, 0.1) is 11.7 Å². The molecule has 1 aliphatic carbocycles. The summed E-state index contributed by atoms with van der Waals surface area (Å²) in [5, 5.41) is 7.08. The fraction of sp³-hybridized carbons (Fsp3) is 0.368. The van der Waals surface area contributed by atoms with Crippen LogP contribution in [0.2, 0.25) is 5.02 Å². The summed E-state index contributed by atoms with van der Waals surface area (Å²) in [6.45, 7) is 0. The zero-order chi connectivity index (χ0) is 19.7. The van der Waals surface area contributed by atoms with Crippen LogP contribution in [0.4, 0.5) is 10.2 Å². The Morgan fingerprint density at radius 2 is 2.11 bits per heavy atom. The van der Waals surface area contributed by atoms with Crippen molar-refractivity contribution < 1.29 is 9.18 Å². The fourth-order valence-corrected chi connectivity index (χ4v) is 3.90. The van der Waals surface area contributed by atoms with Crippen molar-refractivity contribution in [3.8, 4) is 11.4 Å². The standard InChI is InChI=1S/C19H20ClFN6O/c1-22-19(28)11-4-2-3-5-15(11)26-18-14(21)9-25-17(27-18)13-8-24-16-12(13)6-10(20)7-23-16/h6-9,11,15H,2-5H2,1H3,(H,22,28)(H,23,24)(H,25,26,27). The first kappa shape index (κ1) is 18.6. The number of amides is 1. The summed E-state index contributed by atoms with van der Waals surface area (Å²) in [5.74, 6) is -0.362. The third-order valence-corrected chi connectivity index (χ3v) is 5.36. The zero-order valence-corrected chi connectivity index (χ0v) is 16.1. The Morgan fingerprint density at radius 3 is 2.93 bits per heavy atom. The fourth-order valence-electron chi connectivity index (χ4n) is 3.74. The van der Waals surface area contributed by atoms with Gasteiger partial charge in [0.25, 0.3) is 0 Å². The van der Waals surface area contributed by atoms with Gasteiger partial charge in [0, 0.05) is 36.4 Å². The number of rotatable bonds is 4. The molecule has 2 atom stereocenters. The molecule has 146 valence electrons. The molecule has 0 saturated heterocycles. The van der Waals surface area contributed by atoms with Crippen molar-refractivity contribution in [2.75, 3.05) is 12.4 Å². The van der Waals surface area contributed by atoms with Crippen molar-refractivity contribution >= 4 is 34.4 Å². The molecule has 1 amide bonds. The molecule has 28 heavy (non-hydrogen) atoms. The second-order valence-electron chi connectivity index (χ2n) is 6.90. The van der Waals surface area contributed by atoms with Crippen LogP contribution in [0.15, 0.2) is 24.7 Å². The molecule has 1 aliphatic rings. The molecule has 9 heteroatoms. The van der Waals surface area contributed by atoms with Crippen molar-refractivity contribution in [2.24, 2.45) is 5.92 Å². The van der Waals surface area contributed by atoms with E-state index in [4.69, 9.17) is 11.6 Å². The highest BCUT2D eigenvalue weighted by Crippen LogP contribution is 2.30. The van der Waals surface area contributed by atoms with Gasteiger partial charge in [-0.2, -0.15) is 0 Å². The molecule has 1 fully saturated rings. The summed E-state index contributed by atoms with van der Waals surface area (Å²) in [5.41, 5.74) is 1.33. The number of nitrogens with one attached hydrogen (secondary N) is 3. The molecule has 3 aromatic rings. The topological polar surface area (TPSA) is 95.6 Å². The number of carbonyl (C=O) groups excluding carboxylic acids is 1. The smallest absolute Gasteiger partial charge is 0.224 e. The van der Waals surface area contributed by atoms with E-state index in [1.807, 2.05) is 0 Å². The second-order valence-corrected chi connectivity index (χ2v) is 7.33. The molecule has 7 nitrogen and oxygen atoms in total. The lowest BCUT2D eigenvalue weighted by Gasteiger charge is -2.31. The summed E-state index contributed by atoms with van der Waals surface area (Å²) >= 11 is 6.05. The van der Waals surface area contributed by atoms with Crippen LogP contribution in [-0.4, -0.2) is 38.9 Å². The Hall–Kier alpha value is -2.74. The van der Waals surface area contributed by atoms with Crippen LogP contribution in [0.1, 0.15) is 25.7 Å². The molecule has 0 radical (unpaired) electrons. The largest absolute Gasteiger partial charge is 0.364 e. The Bertz CT molecular complexity index is 1020. The van der Waals surface area contributed by atoms with Gasteiger partial charge in [0.1, 0.15) is 5.65 Å². The quantitative estimate of drug-likeness (QED) is 0.620. The van der Waals surface area contributed by atoms with Crippen LogP contribution in [0.5, 0.6) is 0 Å². The minimum atomic E-state index is -0.555. The molecule has 1 saturated carbocycles. The summed E-state index contributed by atoms with van der Waals surface area (Å²) in [7, 11) is 1.62. The van der Waals surface area contributed by atoms with E-state index in [1.54, 1.807) is 25.5 Å². The third kappa shape index (κ3) is 3.52. The van der Waals surface area contributed by atoms with Crippen LogP contribution in [0.3, 0.4) is 0 Å². The van der Waals surface area contributed by atoms with E-state index in [9.17, 15) is 9.18 Å². The lowest BCUT2D eigenvalue weighted by Crippen LogP contribution is -2.42. The van der Waals surface area contributed by atoms with E-state index in [-0.39, 0.29) is 23.7 Å². The summed E-state index contributed by atoms with van der Waals surface area (Å²) < 4.78 is 14.4. The van der Waals surface area contributed by atoms with Gasteiger partial charge < -0.3 is 15.6 Å². The number of nitrogens with zero attached hydrogens (tertiary/aromatic N) is 3. The van der Waals surface area contributed by atoms with Crippen LogP contribution in [-0.2, 0) is 4.79 Å². The number of pyridine rings is 1. The SMILES string of the molecule is CNC(=O)C1CCCCC1Nc1nc(-c2c[nH]c3ncc(Cl)cc23)ncc1F. The molecule has 3 N–H and O–H groups in total. The molecular weight excluding hydrogens is 383 g/mol. The Labute approximate surface area is 166 Å². The maximum Gasteiger partial charge on any atom is 0.224 e. The number of halogens is 2. The molecular formula is C19H20ClFN6O. The summed E-state index contributed by atoms with van der Waals surface area (Å²) in [4.78, 5) is 28.0. The van der Waals surface area contributed by atoms with Crippen molar-refractivity contribution in [3.05, 3.63) is 35.5 Å². The summed E-state index contributed by atoms with van der Waals surface area (Å²) in [6.07, 6.45) is 7.92. The number of hydrogen-bond acceptors (Lipinski definition) is 5. The van der Waals surface area contributed by atoms with Crippen molar-refractivity contribution in [2.45, 2.75) is 31.7 Å². The molecule has 3 aromatic heterocycles. The van der Waals surface area contributed by atoms with Crippen LogP contribution >= 0.6 is 11.6 Å². The van der Waals surface area contributed by atoms with E-state index in [2.05, 4.69) is 30.6 Å². The van der Waals surface area contributed by atoms with E-state index >= 15 is 0 Å². The van der Waals surface area contributed by atoms with Gasteiger partial charge in [-0.25, -0.2) is 19.3 Å². The number of hydrogen-bond donors (Lipinski definition) is 3. The number of anilines is 1. The number of aromatic amines is 1.